The van der Waals surface area contributed by atoms with Gasteiger partial charge in [0.25, 0.3) is 10.0 Å². The fourth-order valence-electron chi connectivity index (χ4n) is 2.45. The summed E-state index contributed by atoms with van der Waals surface area (Å²) in [6.07, 6.45) is 10.1. The molecule has 2 heterocycles. The molecule has 7 heteroatoms. The molecule has 0 aliphatic carbocycles. The van der Waals surface area contributed by atoms with E-state index in [-0.39, 0.29) is 11.1 Å². The van der Waals surface area contributed by atoms with E-state index in [1.165, 1.54) is 4.31 Å². The van der Waals surface area contributed by atoms with Crippen LogP contribution in [0.25, 0.3) is 0 Å². The van der Waals surface area contributed by atoms with E-state index in [1.54, 1.807) is 12.5 Å². The average Bonchev–Trinajstić information content (AvgIpc) is 3.03. The van der Waals surface area contributed by atoms with Crippen molar-refractivity contribution in [3.05, 3.63) is 12.5 Å². The Balaban J connectivity index is 2.03. The lowest BCUT2D eigenvalue weighted by molar-refractivity contribution is 0.191. The molecule has 1 atom stereocenters. The first-order chi connectivity index (χ1) is 10.5. The van der Waals surface area contributed by atoms with Crippen LogP contribution in [0.4, 0.5) is 0 Å². The zero-order valence-corrected chi connectivity index (χ0v) is 14.1. The van der Waals surface area contributed by atoms with E-state index in [9.17, 15) is 8.42 Å². The Morgan fingerprint density at radius 2 is 2.05 bits per heavy atom. The van der Waals surface area contributed by atoms with Crippen LogP contribution in [0.3, 0.4) is 0 Å². The number of terminal acetylenes is 1. The van der Waals surface area contributed by atoms with Gasteiger partial charge in [0.05, 0.1) is 6.33 Å². The lowest BCUT2D eigenvalue weighted by atomic mass is 10.3. The first-order valence-electron chi connectivity index (χ1n) is 7.68. The highest BCUT2D eigenvalue weighted by molar-refractivity contribution is 7.89. The monoisotopic (exact) mass is 324 g/mol. The third-order valence-electron chi connectivity index (χ3n) is 4.19. The number of nitrogens with zero attached hydrogens (tertiary/aromatic N) is 4. The van der Waals surface area contributed by atoms with Gasteiger partial charge in [0.1, 0.15) is 0 Å². The summed E-state index contributed by atoms with van der Waals surface area (Å²) in [6.45, 7) is 7.34. The molecule has 1 fully saturated rings. The second kappa shape index (κ2) is 7.27. The number of hydrogen-bond acceptors (Lipinski definition) is 4. The smallest absolute Gasteiger partial charge is 0.262 e. The molecule has 0 aromatic carbocycles. The highest BCUT2D eigenvalue weighted by atomic mass is 32.2. The fourth-order valence-corrected chi connectivity index (χ4v) is 3.80. The van der Waals surface area contributed by atoms with E-state index >= 15 is 0 Å². The Labute approximate surface area is 133 Å². The fraction of sp³-hybridized carbons (Fsp3) is 0.667. The molecule has 1 aliphatic rings. The minimum absolute atomic E-state index is 0.143. The van der Waals surface area contributed by atoms with Crippen molar-refractivity contribution in [2.75, 3.05) is 32.7 Å². The predicted octanol–water partition coefficient (Wildman–Crippen LogP) is 1.18. The van der Waals surface area contributed by atoms with Crippen LogP contribution in [0.5, 0.6) is 0 Å². The molecule has 6 nitrogen and oxygen atoms in total. The van der Waals surface area contributed by atoms with Gasteiger partial charge in [-0.05, 0) is 13.3 Å². The molecule has 1 aromatic rings. The summed E-state index contributed by atoms with van der Waals surface area (Å²) in [5.41, 5.74) is 0. The van der Waals surface area contributed by atoms with Crippen LogP contribution in [-0.4, -0.2) is 59.9 Å². The zero-order chi connectivity index (χ0) is 16.2. The second-order valence-corrected chi connectivity index (χ2v) is 7.50. The van der Waals surface area contributed by atoms with E-state index in [4.69, 9.17) is 6.42 Å². The molecule has 0 bridgehead atoms. The third kappa shape index (κ3) is 3.69. The van der Waals surface area contributed by atoms with Crippen LogP contribution in [0.2, 0.25) is 0 Å². The van der Waals surface area contributed by atoms with Crippen molar-refractivity contribution in [2.24, 2.45) is 0 Å². The number of rotatable bonds is 6. The van der Waals surface area contributed by atoms with Crippen LogP contribution < -0.4 is 0 Å². The largest absolute Gasteiger partial charge is 0.333 e. The van der Waals surface area contributed by atoms with Gasteiger partial charge in [-0.15, -0.1) is 12.3 Å². The van der Waals surface area contributed by atoms with Crippen LogP contribution in [0.15, 0.2) is 17.6 Å². The SMILES string of the molecule is C#CCCN1CCN(S(=O)(=O)c2cn([C@@H](C)CC)cn2)CC1. The van der Waals surface area contributed by atoms with Crippen molar-refractivity contribution in [3.63, 3.8) is 0 Å². The molecule has 22 heavy (non-hydrogen) atoms. The van der Waals surface area contributed by atoms with E-state index in [1.807, 2.05) is 11.5 Å². The summed E-state index contributed by atoms with van der Waals surface area (Å²) < 4.78 is 28.6. The Morgan fingerprint density at radius 3 is 2.64 bits per heavy atom. The molecule has 1 aliphatic heterocycles. The van der Waals surface area contributed by atoms with Gasteiger partial charge in [-0.2, -0.15) is 4.31 Å². The number of hydrogen-bond donors (Lipinski definition) is 0. The molecule has 0 spiro atoms. The predicted molar refractivity (Wildman–Crippen MR) is 85.9 cm³/mol. The van der Waals surface area contributed by atoms with E-state index in [0.717, 1.165) is 13.0 Å². The van der Waals surface area contributed by atoms with Crippen LogP contribution in [0, 0.1) is 12.3 Å². The van der Waals surface area contributed by atoms with Crippen molar-refractivity contribution in [1.29, 1.82) is 0 Å². The topological polar surface area (TPSA) is 58.4 Å². The van der Waals surface area contributed by atoms with Gasteiger partial charge in [-0.1, -0.05) is 6.92 Å². The van der Waals surface area contributed by atoms with Crippen LogP contribution in [-0.2, 0) is 10.0 Å². The molecular weight excluding hydrogens is 300 g/mol. The summed E-state index contributed by atoms with van der Waals surface area (Å²) in [5.74, 6) is 2.61. The summed E-state index contributed by atoms with van der Waals surface area (Å²) >= 11 is 0. The molecule has 0 N–H and O–H groups in total. The lowest BCUT2D eigenvalue weighted by Crippen LogP contribution is -2.48. The van der Waals surface area contributed by atoms with Crippen LogP contribution >= 0.6 is 0 Å². The van der Waals surface area contributed by atoms with Crippen LogP contribution in [0.1, 0.15) is 32.7 Å². The number of imidazole rings is 1. The second-order valence-electron chi connectivity index (χ2n) is 5.62. The quantitative estimate of drug-likeness (QED) is 0.738. The normalized spacial score (nSPS) is 19.0. The molecule has 1 aromatic heterocycles. The lowest BCUT2D eigenvalue weighted by Gasteiger charge is -2.33. The summed E-state index contributed by atoms with van der Waals surface area (Å²) in [4.78, 5) is 6.29. The molecule has 2 rings (SSSR count). The Kier molecular flexibility index (Phi) is 5.62. The maximum Gasteiger partial charge on any atom is 0.262 e. The zero-order valence-electron chi connectivity index (χ0n) is 13.3. The summed E-state index contributed by atoms with van der Waals surface area (Å²) in [5, 5.41) is 0.143. The van der Waals surface area contributed by atoms with Crippen molar-refractivity contribution in [1.82, 2.24) is 18.8 Å². The highest BCUT2D eigenvalue weighted by Gasteiger charge is 2.30. The average molecular weight is 324 g/mol. The molecule has 0 radical (unpaired) electrons. The standard InChI is InChI=1S/C15H24N4O2S/c1-4-6-7-17-8-10-19(11-9-17)22(20,21)15-12-18(13-16-15)14(3)5-2/h1,12-14H,5-11H2,2-3H3/t14-/m0/s1. The molecule has 0 amide bonds. The van der Waals surface area contributed by atoms with Gasteiger partial charge < -0.3 is 4.57 Å². The minimum atomic E-state index is -3.49. The Hall–Kier alpha value is -1.36. The molecule has 1 saturated heterocycles. The molecular formula is C15H24N4O2S. The van der Waals surface area contributed by atoms with Gasteiger partial charge in [-0.3, -0.25) is 4.90 Å². The third-order valence-corrected chi connectivity index (χ3v) is 5.97. The highest BCUT2D eigenvalue weighted by Crippen LogP contribution is 2.18. The van der Waals surface area contributed by atoms with Crippen molar-refractivity contribution in [3.8, 4) is 12.3 Å². The Morgan fingerprint density at radius 1 is 1.36 bits per heavy atom. The van der Waals surface area contributed by atoms with E-state index in [2.05, 4.69) is 22.7 Å². The first kappa shape index (κ1) is 17.0. The molecule has 0 saturated carbocycles. The van der Waals surface area contributed by atoms with Gasteiger partial charge in [-0.25, -0.2) is 13.4 Å². The number of sulfonamides is 1. The Bertz CT molecular complexity index is 624. The molecule has 122 valence electrons. The minimum Gasteiger partial charge on any atom is -0.333 e. The van der Waals surface area contributed by atoms with Gasteiger partial charge >= 0.3 is 0 Å². The van der Waals surface area contributed by atoms with E-state index in [0.29, 0.717) is 32.6 Å². The van der Waals surface area contributed by atoms with E-state index < -0.39 is 10.0 Å². The maximum atomic E-state index is 12.6. The number of piperazine rings is 1. The summed E-state index contributed by atoms with van der Waals surface area (Å²) in [6, 6.07) is 0.247. The maximum absolute atomic E-state index is 12.6. The van der Waals surface area contributed by atoms with Gasteiger partial charge in [0.2, 0.25) is 0 Å². The van der Waals surface area contributed by atoms with Gasteiger partial charge in [0.15, 0.2) is 5.03 Å². The summed E-state index contributed by atoms with van der Waals surface area (Å²) in [7, 11) is -3.49. The van der Waals surface area contributed by atoms with Crippen molar-refractivity contribution < 1.29 is 8.42 Å². The number of aromatic nitrogens is 2. The van der Waals surface area contributed by atoms with Gasteiger partial charge in [0, 0.05) is 51.4 Å². The molecule has 0 unspecified atom stereocenters. The first-order valence-corrected chi connectivity index (χ1v) is 9.12. The van der Waals surface area contributed by atoms with Crippen molar-refractivity contribution in [2.45, 2.75) is 37.8 Å². The van der Waals surface area contributed by atoms with Crippen molar-refractivity contribution >= 4 is 10.0 Å².